The van der Waals surface area contributed by atoms with Crippen molar-refractivity contribution in [3.63, 3.8) is 0 Å². The van der Waals surface area contributed by atoms with E-state index in [1.165, 1.54) is 23.9 Å². The van der Waals surface area contributed by atoms with Crippen LogP contribution in [-0.4, -0.2) is 11.0 Å². The normalized spacial score (nSPS) is 10.4. The summed E-state index contributed by atoms with van der Waals surface area (Å²) < 4.78 is 0. The number of non-ortho nitro benzene ring substituents is 1. The molecule has 0 radical (unpaired) electrons. The number of hydrogen-bond acceptors (Lipinski definition) is 4. The molecule has 0 bridgehead atoms. The summed E-state index contributed by atoms with van der Waals surface area (Å²) in [5, 5.41) is 16.7. The number of hydrogen-bond donors (Lipinski definition) is 2. The Bertz CT molecular complexity index is 1010. The van der Waals surface area contributed by atoms with E-state index in [2.05, 4.69) is 10.6 Å². The quantitative estimate of drug-likeness (QED) is 0.346. The van der Waals surface area contributed by atoms with E-state index >= 15 is 0 Å². The number of nitro benzene ring substituents is 1. The smallest absolute Gasteiger partial charge is 0.308 e. The van der Waals surface area contributed by atoms with Gasteiger partial charge in [-0.3, -0.25) is 10.1 Å². The van der Waals surface area contributed by atoms with Crippen LogP contribution in [0.3, 0.4) is 0 Å². The van der Waals surface area contributed by atoms with Crippen molar-refractivity contribution in [2.45, 2.75) is 9.79 Å². The Morgan fingerprint density at radius 3 is 2.11 bits per heavy atom. The number of nitrogens with one attached hydrogen (secondary N) is 2. The summed E-state index contributed by atoms with van der Waals surface area (Å²) in [7, 11) is 0. The lowest BCUT2D eigenvalue weighted by molar-refractivity contribution is -0.384. The Hall–Kier alpha value is -2.74. The lowest BCUT2D eigenvalue weighted by atomic mass is 10.3. The molecule has 0 aliphatic rings. The second kappa shape index (κ2) is 8.97. The lowest BCUT2D eigenvalue weighted by Gasteiger charge is -2.10. The van der Waals surface area contributed by atoms with Crippen LogP contribution in [0.2, 0.25) is 10.0 Å². The molecular weight excluding hydrogens is 421 g/mol. The minimum Gasteiger partial charge on any atom is -0.308 e. The molecule has 0 atom stereocenters. The number of halogens is 2. The molecule has 6 nitrogen and oxygen atoms in total. The van der Waals surface area contributed by atoms with Crippen molar-refractivity contribution in [3.05, 3.63) is 86.9 Å². The molecule has 0 fully saturated rings. The molecule has 0 saturated heterocycles. The highest BCUT2D eigenvalue weighted by molar-refractivity contribution is 7.99. The van der Waals surface area contributed by atoms with Gasteiger partial charge in [0.05, 0.1) is 20.7 Å². The second-order valence-electron chi connectivity index (χ2n) is 5.56. The third kappa shape index (κ3) is 5.16. The van der Waals surface area contributed by atoms with E-state index in [1.54, 1.807) is 42.5 Å². The minimum absolute atomic E-state index is 0.0507. The van der Waals surface area contributed by atoms with E-state index in [4.69, 9.17) is 23.2 Å². The van der Waals surface area contributed by atoms with Crippen LogP contribution >= 0.6 is 35.0 Å². The Labute approximate surface area is 175 Å². The van der Waals surface area contributed by atoms with Gasteiger partial charge in [-0.1, -0.05) is 41.0 Å². The van der Waals surface area contributed by atoms with E-state index < -0.39 is 11.0 Å². The van der Waals surface area contributed by atoms with Gasteiger partial charge < -0.3 is 10.6 Å². The molecule has 3 aromatic rings. The maximum atomic E-state index is 12.1. The molecule has 28 heavy (non-hydrogen) atoms. The van der Waals surface area contributed by atoms with Crippen molar-refractivity contribution in [2.75, 3.05) is 10.6 Å². The molecule has 0 spiro atoms. The number of carbonyl (C=O) groups excluding carboxylic acids is 1. The molecule has 0 aliphatic carbocycles. The van der Waals surface area contributed by atoms with Gasteiger partial charge >= 0.3 is 6.03 Å². The fraction of sp³-hybridized carbons (Fsp3) is 0. The largest absolute Gasteiger partial charge is 0.323 e. The molecule has 142 valence electrons. The first-order valence-corrected chi connectivity index (χ1v) is 9.54. The summed E-state index contributed by atoms with van der Waals surface area (Å²) >= 11 is 13.4. The van der Waals surface area contributed by atoms with Crippen molar-refractivity contribution in [1.82, 2.24) is 0 Å². The zero-order valence-corrected chi connectivity index (χ0v) is 16.5. The molecular formula is C19H13Cl2N3O3S. The molecule has 3 rings (SSSR count). The number of carbonyl (C=O) groups is 1. The third-order valence-corrected chi connectivity index (χ3v) is 5.43. The summed E-state index contributed by atoms with van der Waals surface area (Å²) in [6, 6.07) is 18.0. The van der Waals surface area contributed by atoms with Gasteiger partial charge in [-0.05, 0) is 48.5 Å². The Balaban J connectivity index is 1.60. The highest BCUT2D eigenvalue weighted by Crippen LogP contribution is 2.31. The van der Waals surface area contributed by atoms with Gasteiger partial charge in [0.25, 0.3) is 5.69 Å². The average Bonchev–Trinajstić information content (AvgIpc) is 2.67. The van der Waals surface area contributed by atoms with E-state index in [1.807, 2.05) is 12.1 Å². The molecule has 0 saturated carbocycles. The van der Waals surface area contributed by atoms with Crippen molar-refractivity contribution in [3.8, 4) is 0 Å². The van der Waals surface area contributed by atoms with Gasteiger partial charge in [-0.2, -0.15) is 0 Å². The van der Waals surface area contributed by atoms with Crippen LogP contribution in [0.1, 0.15) is 0 Å². The molecule has 0 unspecified atom stereocenters. The highest BCUT2D eigenvalue weighted by atomic mass is 35.5. The third-order valence-electron chi connectivity index (χ3n) is 3.60. The summed E-state index contributed by atoms with van der Waals surface area (Å²) in [5.74, 6) is 0. The van der Waals surface area contributed by atoms with Crippen LogP contribution < -0.4 is 10.6 Å². The first-order chi connectivity index (χ1) is 13.4. The maximum Gasteiger partial charge on any atom is 0.323 e. The van der Waals surface area contributed by atoms with E-state index in [-0.39, 0.29) is 10.7 Å². The topological polar surface area (TPSA) is 84.3 Å². The molecule has 0 heterocycles. The van der Waals surface area contributed by atoms with Gasteiger partial charge in [0.1, 0.15) is 0 Å². The molecule has 2 N–H and O–H groups in total. The standard InChI is InChI=1S/C19H13Cl2N3O3S/c20-16-2-1-3-17(18(16)21)23-19(25)22-12-4-8-14(9-5-12)28-15-10-6-13(7-11-15)24(26)27/h1-11H,(H2,22,23,25). The minimum atomic E-state index is -0.445. The number of nitrogens with zero attached hydrogens (tertiary/aromatic N) is 1. The number of anilines is 2. The molecule has 0 aliphatic heterocycles. The van der Waals surface area contributed by atoms with Crippen molar-refractivity contribution < 1.29 is 9.72 Å². The second-order valence-corrected chi connectivity index (χ2v) is 7.49. The highest BCUT2D eigenvalue weighted by Gasteiger charge is 2.09. The predicted octanol–water partition coefficient (Wildman–Crippen LogP) is 6.70. The van der Waals surface area contributed by atoms with E-state index in [0.717, 1.165) is 9.79 Å². The Morgan fingerprint density at radius 1 is 0.893 bits per heavy atom. The monoisotopic (exact) mass is 433 g/mol. The molecule has 2 amide bonds. The van der Waals surface area contributed by atoms with Crippen molar-refractivity contribution in [1.29, 1.82) is 0 Å². The number of urea groups is 1. The predicted molar refractivity (Wildman–Crippen MR) is 113 cm³/mol. The van der Waals surface area contributed by atoms with Gasteiger partial charge in [0, 0.05) is 27.6 Å². The Morgan fingerprint density at radius 2 is 1.50 bits per heavy atom. The number of benzene rings is 3. The van der Waals surface area contributed by atoms with Crippen molar-refractivity contribution in [2.24, 2.45) is 0 Å². The van der Waals surface area contributed by atoms with Gasteiger partial charge in [-0.25, -0.2) is 4.79 Å². The zero-order valence-electron chi connectivity index (χ0n) is 14.2. The summed E-state index contributed by atoms with van der Waals surface area (Å²) in [6.07, 6.45) is 0. The number of amides is 2. The van der Waals surface area contributed by atoms with Crippen LogP contribution in [0.15, 0.2) is 76.5 Å². The van der Waals surface area contributed by atoms with Crippen LogP contribution in [0.4, 0.5) is 21.9 Å². The van der Waals surface area contributed by atoms with E-state index in [0.29, 0.717) is 16.4 Å². The van der Waals surface area contributed by atoms with Crippen molar-refractivity contribution >= 4 is 58.1 Å². The lowest BCUT2D eigenvalue weighted by Crippen LogP contribution is -2.19. The van der Waals surface area contributed by atoms with Crippen LogP contribution in [0, 0.1) is 10.1 Å². The number of nitro groups is 1. The first-order valence-electron chi connectivity index (χ1n) is 7.97. The first kappa shape index (κ1) is 20.0. The van der Waals surface area contributed by atoms with Gasteiger partial charge in [0.15, 0.2) is 0 Å². The maximum absolute atomic E-state index is 12.1. The Kier molecular flexibility index (Phi) is 6.41. The summed E-state index contributed by atoms with van der Waals surface area (Å²) in [4.78, 5) is 24.2. The average molecular weight is 434 g/mol. The van der Waals surface area contributed by atoms with Crippen LogP contribution in [0.25, 0.3) is 0 Å². The fourth-order valence-electron chi connectivity index (χ4n) is 2.26. The number of rotatable bonds is 5. The van der Waals surface area contributed by atoms with Gasteiger partial charge in [-0.15, -0.1) is 0 Å². The summed E-state index contributed by atoms with van der Waals surface area (Å²) in [5.41, 5.74) is 1.07. The fourth-order valence-corrected chi connectivity index (χ4v) is 3.43. The SMILES string of the molecule is O=C(Nc1ccc(Sc2ccc([N+](=O)[O-])cc2)cc1)Nc1cccc(Cl)c1Cl. The van der Waals surface area contributed by atoms with E-state index in [9.17, 15) is 14.9 Å². The van der Waals surface area contributed by atoms with Crippen LogP contribution in [-0.2, 0) is 0 Å². The van der Waals surface area contributed by atoms with Gasteiger partial charge in [0.2, 0.25) is 0 Å². The zero-order chi connectivity index (χ0) is 20.1. The summed E-state index contributed by atoms with van der Waals surface area (Å²) in [6.45, 7) is 0. The molecule has 3 aromatic carbocycles. The molecule has 9 heteroatoms. The molecule has 0 aromatic heterocycles. The van der Waals surface area contributed by atoms with Crippen LogP contribution in [0.5, 0.6) is 0 Å².